The van der Waals surface area contributed by atoms with Gasteiger partial charge in [0.25, 0.3) is 0 Å². The molecule has 2 saturated carbocycles. The van der Waals surface area contributed by atoms with Crippen LogP contribution in [0.1, 0.15) is 51.4 Å². The van der Waals surface area contributed by atoms with Gasteiger partial charge in [0, 0.05) is 30.8 Å². The molecule has 0 radical (unpaired) electrons. The Hall–Kier alpha value is -0.750. The van der Waals surface area contributed by atoms with Crippen LogP contribution in [0.2, 0.25) is 0 Å². The van der Waals surface area contributed by atoms with Crippen molar-refractivity contribution in [2.45, 2.75) is 63.5 Å². The topological polar surface area (TPSA) is 52.7 Å². The second-order valence-electron chi connectivity index (χ2n) is 8.26. The summed E-state index contributed by atoms with van der Waals surface area (Å²) in [5.74, 6) is 2.98. The highest BCUT2D eigenvalue weighted by molar-refractivity contribution is 7.99. The number of piperidine rings is 1. The van der Waals surface area contributed by atoms with Crippen molar-refractivity contribution in [3.05, 3.63) is 0 Å². The number of hydrogen-bond donors (Lipinski definition) is 1. The van der Waals surface area contributed by atoms with Gasteiger partial charge in [-0.1, -0.05) is 12.8 Å². The molecule has 1 N–H and O–H groups in total. The lowest BCUT2D eigenvalue weighted by atomic mass is 10.0. The second-order valence-corrected chi connectivity index (χ2v) is 9.26. The van der Waals surface area contributed by atoms with Crippen LogP contribution < -0.4 is 5.32 Å². The zero-order chi connectivity index (χ0) is 17.2. The van der Waals surface area contributed by atoms with Crippen LogP contribution >= 0.6 is 11.8 Å². The maximum absolute atomic E-state index is 13.0. The van der Waals surface area contributed by atoms with E-state index in [2.05, 4.69) is 5.32 Å². The van der Waals surface area contributed by atoms with Crippen molar-refractivity contribution in [1.82, 2.24) is 15.1 Å². The van der Waals surface area contributed by atoms with E-state index in [0.717, 1.165) is 69.8 Å². The summed E-state index contributed by atoms with van der Waals surface area (Å²) >= 11 is 1.73. The number of nitrogens with one attached hydrogen (secondary N) is 1. The molecular formula is C19H31N3O2S. The molecule has 25 heavy (non-hydrogen) atoms. The van der Waals surface area contributed by atoms with Gasteiger partial charge in [0.1, 0.15) is 6.04 Å². The zero-order valence-electron chi connectivity index (χ0n) is 15.1. The van der Waals surface area contributed by atoms with E-state index in [0.29, 0.717) is 11.9 Å². The fourth-order valence-electron chi connectivity index (χ4n) is 4.44. The van der Waals surface area contributed by atoms with Crippen LogP contribution in [-0.2, 0) is 9.59 Å². The van der Waals surface area contributed by atoms with Gasteiger partial charge in [-0.2, -0.15) is 0 Å². The van der Waals surface area contributed by atoms with E-state index in [1.54, 1.807) is 11.8 Å². The summed E-state index contributed by atoms with van der Waals surface area (Å²) < 4.78 is 0. The highest BCUT2D eigenvalue weighted by Crippen LogP contribution is 2.32. The molecule has 2 saturated heterocycles. The van der Waals surface area contributed by atoms with Crippen molar-refractivity contribution in [2.24, 2.45) is 11.8 Å². The number of nitrogens with zero attached hydrogens (tertiary/aromatic N) is 2. The van der Waals surface area contributed by atoms with E-state index in [1.165, 1.54) is 12.8 Å². The lowest BCUT2D eigenvalue weighted by molar-refractivity contribution is -0.146. The molecule has 0 aromatic heterocycles. The fourth-order valence-corrected chi connectivity index (χ4v) is 5.60. The van der Waals surface area contributed by atoms with Crippen LogP contribution in [0.3, 0.4) is 0 Å². The summed E-state index contributed by atoms with van der Waals surface area (Å²) in [6, 6.07) is 0.355. The van der Waals surface area contributed by atoms with Crippen LogP contribution in [-0.4, -0.2) is 65.0 Å². The predicted molar refractivity (Wildman–Crippen MR) is 100 cm³/mol. The molecule has 2 amide bonds. The standard InChI is InChI=1S/C19H31N3O2S/c23-18(15-3-1-2-4-15)22-13-25-12-17(22)19(24)21-9-7-16(8-10-21)20-11-14-5-6-14/h14-17,20H,1-13H2. The normalized spacial score (nSPS) is 28.7. The molecule has 2 aliphatic carbocycles. The van der Waals surface area contributed by atoms with Crippen LogP contribution in [0.4, 0.5) is 0 Å². The molecule has 0 spiro atoms. The number of likely N-dealkylation sites (tertiary alicyclic amines) is 1. The molecule has 6 heteroatoms. The van der Waals surface area contributed by atoms with Gasteiger partial charge in [-0.15, -0.1) is 11.8 Å². The summed E-state index contributed by atoms with van der Waals surface area (Å²) in [5, 5.41) is 3.67. The summed E-state index contributed by atoms with van der Waals surface area (Å²) in [6.45, 7) is 2.84. The summed E-state index contributed by atoms with van der Waals surface area (Å²) in [6.07, 6.45) is 9.22. The SMILES string of the molecule is O=C(C1CSCN1C(=O)C1CCCC1)N1CCC(NCC2CC2)CC1. The first-order valence-corrected chi connectivity index (χ1v) is 11.3. The van der Waals surface area contributed by atoms with E-state index < -0.39 is 0 Å². The van der Waals surface area contributed by atoms with Crippen molar-refractivity contribution in [1.29, 1.82) is 0 Å². The van der Waals surface area contributed by atoms with Crippen molar-refractivity contribution in [2.75, 3.05) is 31.3 Å². The van der Waals surface area contributed by atoms with Crippen molar-refractivity contribution < 1.29 is 9.59 Å². The van der Waals surface area contributed by atoms with Gasteiger partial charge in [-0.05, 0) is 51.0 Å². The van der Waals surface area contributed by atoms with Crippen molar-refractivity contribution in [3.63, 3.8) is 0 Å². The minimum Gasteiger partial charge on any atom is -0.341 e. The molecule has 4 rings (SSSR count). The minimum atomic E-state index is -0.214. The Balaban J connectivity index is 1.28. The van der Waals surface area contributed by atoms with Crippen molar-refractivity contribution >= 4 is 23.6 Å². The van der Waals surface area contributed by atoms with E-state index in [1.807, 2.05) is 9.80 Å². The molecule has 1 unspecified atom stereocenters. The quantitative estimate of drug-likeness (QED) is 0.810. The third-order valence-corrected chi connectivity index (χ3v) is 7.37. The Morgan fingerprint density at radius 1 is 0.960 bits per heavy atom. The van der Waals surface area contributed by atoms with E-state index in [-0.39, 0.29) is 23.8 Å². The smallest absolute Gasteiger partial charge is 0.246 e. The molecule has 4 aliphatic rings. The van der Waals surface area contributed by atoms with Gasteiger partial charge in [0.15, 0.2) is 0 Å². The number of carbonyl (C=O) groups excluding carboxylic acids is 2. The van der Waals surface area contributed by atoms with Crippen LogP contribution in [0.25, 0.3) is 0 Å². The minimum absolute atomic E-state index is 0.173. The van der Waals surface area contributed by atoms with Gasteiger partial charge >= 0.3 is 0 Å². The summed E-state index contributed by atoms with van der Waals surface area (Å²) in [4.78, 5) is 29.7. The fraction of sp³-hybridized carbons (Fsp3) is 0.895. The Morgan fingerprint density at radius 3 is 2.36 bits per heavy atom. The summed E-state index contributed by atoms with van der Waals surface area (Å²) in [5.41, 5.74) is 0. The predicted octanol–water partition coefficient (Wildman–Crippen LogP) is 2.07. The van der Waals surface area contributed by atoms with Crippen LogP contribution in [0.15, 0.2) is 0 Å². The molecule has 4 fully saturated rings. The zero-order valence-corrected chi connectivity index (χ0v) is 15.9. The first-order valence-electron chi connectivity index (χ1n) is 10.1. The average Bonchev–Trinajstić information content (AvgIpc) is 3.12. The van der Waals surface area contributed by atoms with Gasteiger partial charge < -0.3 is 15.1 Å². The summed E-state index contributed by atoms with van der Waals surface area (Å²) in [7, 11) is 0. The molecule has 0 aromatic rings. The van der Waals surface area contributed by atoms with E-state index >= 15 is 0 Å². The second kappa shape index (κ2) is 7.87. The highest BCUT2D eigenvalue weighted by Gasteiger charge is 2.40. The van der Waals surface area contributed by atoms with E-state index in [9.17, 15) is 9.59 Å². The third-order valence-electron chi connectivity index (χ3n) is 6.35. The lowest BCUT2D eigenvalue weighted by Crippen LogP contribution is -2.53. The van der Waals surface area contributed by atoms with Gasteiger partial charge in [-0.25, -0.2) is 0 Å². The molecule has 2 aliphatic heterocycles. The van der Waals surface area contributed by atoms with Gasteiger partial charge in [0.2, 0.25) is 11.8 Å². The first-order chi connectivity index (χ1) is 12.2. The van der Waals surface area contributed by atoms with Crippen LogP contribution in [0.5, 0.6) is 0 Å². The first kappa shape index (κ1) is 17.7. The lowest BCUT2D eigenvalue weighted by Gasteiger charge is -2.36. The monoisotopic (exact) mass is 365 g/mol. The number of rotatable bonds is 5. The number of carbonyl (C=O) groups is 2. The number of hydrogen-bond acceptors (Lipinski definition) is 4. The molecule has 5 nitrogen and oxygen atoms in total. The molecule has 0 aromatic carbocycles. The Kier molecular flexibility index (Phi) is 5.56. The maximum Gasteiger partial charge on any atom is 0.246 e. The molecule has 140 valence electrons. The Bertz CT molecular complexity index is 497. The Morgan fingerprint density at radius 2 is 1.68 bits per heavy atom. The number of amides is 2. The maximum atomic E-state index is 13.0. The molecule has 2 heterocycles. The number of thioether (sulfide) groups is 1. The van der Waals surface area contributed by atoms with Crippen LogP contribution in [0, 0.1) is 11.8 Å². The molecular weight excluding hydrogens is 334 g/mol. The third kappa shape index (κ3) is 4.16. The average molecular weight is 366 g/mol. The van der Waals surface area contributed by atoms with E-state index in [4.69, 9.17) is 0 Å². The largest absolute Gasteiger partial charge is 0.341 e. The molecule has 1 atom stereocenters. The van der Waals surface area contributed by atoms with Gasteiger partial charge in [-0.3, -0.25) is 9.59 Å². The highest BCUT2D eigenvalue weighted by atomic mass is 32.2. The van der Waals surface area contributed by atoms with Crippen molar-refractivity contribution in [3.8, 4) is 0 Å². The Labute approximate surface area is 155 Å². The molecule has 0 bridgehead atoms. The van der Waals surface area contributed by atoms with Gasteiger partial charge in [0.05, 0.1) is 5.88 Å².